The summed E-state index contributed by atoms with van der Waals surface area (Å²) in [7, 11) is 4.05. The Balaban J connectivity index is 1.54. The lowest BCUT2D eigenvalue weighted by molar-refractivity contribution is -0.114. The summed E-state index contributed by atoms with van der Waals surface area (Å²) < 4.78 is 0. The van der Waals surface area contributed by atoms with Gasteiger partial charge in [-0.3, -0.25) is 4.79 Å². The molecular weight excluding hydrogens is 354 g/mol. The standard InChI is InChI=1S/C21H27N5O2/c1-16(27)22-17-5-4-6-18(15-17)23-21(28)26-13-11-25(12-14-26)20-9-7-19(8-10-20)24(2)3/h4-10,15H,11-14H2,1-3H3,(H,22,27)(H,23,28). The fourth-order valence-electron chi connectivity index (χ4n) is 3.21. The van der Waals surface area contributed by atoms with Crippen molar-refractivity contribution in [1.29, 1.82) is 0 Å². The molecule has 3 amide bonds. The minimum Gasteiger partial charge on any atom is -0.378 e. The number of amides is 3. The van der Waals surface area contributed by atoms with Crippen LogP contribution in [0.4, 0.5) is 27.5 Å². The molecule has 2 aromatic rings. The Morgan fingerprint density at radius 1 is 0.893 bits per heavy atom. The Bertz CT molecular complexity index is 827. The number of urea groups is 1. The van der Waals surface area contributed by atoms with E-state index in [9.17, 15) is 9.59 Å². The molecule has 28 heavy (non-hydrogen) atoms. The number of benzene rings is 2. The first-order valence-corrected chi connectivity index (χ1v) is 9.38. The van der Waals surface area contributed by atoms with E-state index < -0.39 is 0 Å². The van der Waals surface area contributed by atoms with Crippen LogP contribution in [0.1, 0.15) is 6.92 Å². The van der Waals surface area contributed by atoms with Crippen molar-refractivity contribution >= 4 is 34.7 Å². The molecule has 1 saturated heterocycles. The van der Waals surface area contributed by atoms with E-state index in [1.54, 1.807) is 18.2 Å². The number of piperazine rings is 1. The summed E-state index contributed by atoms with van der Waals surface area (Å²) in [5.74, 6) is -0.141. The summed E-state index contributed by atoms with van der Waals surface area (Å²) in [6, 6.07) is 15.5. The van der Waals surface area contributed by atoms with Crippen LogP contribution in [0.2, 0.25) is 0 Å². The molecule has 7 nitrogen and oxygen atoms in total. The normalized spacial score (nSPS) is 13.8. The molecule has 148 valence electrons. The maximum Gasteiger partial charge on any atom is 0.321 e. The van der Waals surface area contributed by atoms with Crippen molar-refractivity contribution in [2.24, 2.45) is 0 Å². The zero-order valence-electron chi connectivity index (χ0n) is 16.6. The summed E-state index contributed by atoms with van der Waals surface area (Å²) in [5.41, 5.74) is 3.67. The first kappa shape index (κ1) is 19.5. The first-order chi connectivity index (χ1) is 13.4. The van der Waals surface area contributed by atoms with Crippen LogP contribution in [0.3, 0.4) is 0 Å². The van der Waals surface area contributed by atoms with Gasteiger partial charge in [-0.05, 0) is 42.5 Å². The van der Waals surface area contributed by atoms with Crippen LogP contribution in [0.15, 0.2) is 48.5 Å². The molecule has 0 bridgehead atoms. The molecule has 0 radical (unpaired) electrons. The van der Waals surface area contributed by atoms with Gasteiger partial charge in [0.2, 0.25) is 5.91 Å². The van der Waals surface area contributed by atoms with Gasteiger partial charge in [0.15, 0.2) is 0 Å². The van der Waals surface area contributed by atoms with Gasteiger partial charge in [0.25, 0.3) is 0 Å². The quantitative estimate of drug-likeness (QED) is 0.854. The van der Waals surface area contributed by atoms with Crippen molar-refractivity contribution < 1.29 is 9.59 Å². The van der Waals surface area contributed by atoms with Crippen LogP contribution in [0, 0.1) is 0 Å². The van der Waals surface area contributed by atoms with Crippen LogP contribution in [-0.2, 0) is 4.79 Å². The molecule has 2 N–H and O–H groups in total. The predicted molar refractivity (Wildman–Crippen MR) is 114 cm³/mol. The van der Waals surface area contributed by atoms with Crippen molar-refractivity contribution in [3.8, 4) is 0 Å². The average molecular weight is 381 g/mol. The fourth-order valence-corrected chi connectivity index (χ4v) is 3.21. The Kier molecular flexibility index (Phi) is 6.03. The number of anilines is 4. The third-order valence-electron chi connectivity index (χ3n) is 4.73. The molecule has 2 aromatic carbocycles. The molecule has 0 spiro atoms. The molecule has 0 unspecified atom stereocenters. The maximum absolute atomic E-state index is 12.6. The average Bonchev–Trinajstić information content (AvgIpc) is 2.68. The summed E-state index contributed by atoms with van der Waals surface area (Å²) in [6.45, 7) is 4.36. The zero-order valence-corrected chi connectivity index (χ0v) is 16.6. The third kappa shape index (κ3) is 4.94. The number of carbonyl (C=O) groups is 2. The molecule has 3 rings (SSSR count). The second-order valence-electron chi connectivity index (χ2n) is 7.08. The number of rotatable bonds is 4. The summed E-state index contributed by atoms with van der Waals surface area (Å²) in [6.07, 6.45) is 0. The lowest BCUT2D eigenvalue weighted by Crippen LogP contribution is -2.50. The molecule has 1 heterocycles. The Hall–Kier alpha value is -3.22. The summed E-state index contributed by atoms with van der Waals surface area (Å²) in [5, 5.41) is 5.63. The largest absolute Gasteiger partial charge is 0.378 e. The monoisotopic (exact) mass is 381 g/mol. The molecule has 1 fully saturated rings. The number of nitrogens with one attached hydrogen (secondary N) is 2. The van der Waals surface area contributed by atoms with Crippen LogP contribution >= 0.6 is 0 Å². The number of nitrogens with zero attached hydrogens (tertiary/aromatic N) is 3. The highest BCUT2D eigenvalue weighted by molar-refractivity contribution is 5.92. The molecular formula is C21H27N5O2. The molecule has 1 aliphatic heterocycles. The molecule has 0 atom stereocenters. The van der Waals surface area contributed by atoms with E-state index in [0.717, 1.165) is 13.1 Å². The zero-order chi connectivity index (χ0) is 20.1. The van der Waals surface area contributed by atoms with Crippen molar-refractivity contribution in [3.05, 3.63) is 48.5 Å². The van der Waals surface area contributed by atoms with Gasteiger partial charge in [0, 0.05) is 69.9 Å². The van der Waals surface area contributed by atoms with Crippen molar-refractivity contribution in [2.75, 3.05) is 60.7 Å². The topological polar surface area (TPSA) is 67.9 Å². The lowest BCUT2D eigenvalue weighted by atomic mass is 10.2. The van der Waals surface area contributed by atoms with Crippen LogP contribution in [0.25, 0.3) is 0 Å². The van der Waals surface area contributed by atoms with Crippen LogP contribution in [0.5, 0.6) is 0 Å². The highest BCUT2D eigenvalue weighted by atomic mass is 16.2. The molecule has 0 aromatic heterocycles. The third-order valence-corrected chi connectivity index (χ3v) is 4.73. The molecule has 7 heteroatoms. The highest BCUT2D eigenvalue weighted by Crippen LogP contribution is 2.21. The van der Waals surface area contributed by atoms with Gasteiger partial charge in [-0.15, -0.1) is 0 Å². The van der Waals surface area contributed by atoms with Gasteiger partial charge in [-0.25, -0.2) is 4.79 Å². The lowest BCUT2D eigenvalue weighted by Gasteiger charge is -2.36. The van der Waals surface area contributed by atoms with Crippen molar-refractivity contribution in [1.82, 2.24) is 4.90 Å². The van der Waals surface area contributed by atoms with Crippen LogP contribution < -0.4 is 20.4 Å². The molecule has 0 aliphatic carbocycles. The first-order valence-electron chi connectivity index (χ1n) is 9.38. The Morgan fingerprint density at radius 2 is 1.50 bits per heavy atom. The van der Waals surface area contributed by atoms with Crippen molar-refractivity contribution in [2.45, 2.75) is 6.92 Å². The molecule has 1 aliphatic rings. The van der Waals surface area contributed by atoms with Gasteiger partial charge < -0.3 is 25.3 Å². The van der Waals surface area contributed by atoms with Gasteiger partial charge in [0.1, 0.15) is 0 Å². The fraction of sp³-hybridized carbons (Fsp3) is 0.333. The number of hydrogen-bond donors (Lipinski definition) is 2. The summed E-state index contributed by atoms with van der Waals surface area (Å²) >= 11 is 0. The minimum atomic E-state index is -0.141. The predicted octanol–water partition coefficient (Wildman–Crippen LogP) is 3.07. The van der Waals surface area contributed by atoms with E-state index in [-0.39, 0.29) is 11.9 Å². The number of hydrogen-bond acceptors (Lipinski definition) is 4. The molecule has 0 saturated carbocycles. The van der Waals surface area contributed by atoms with Gasteiger partial charge >= 0.3 is 6.03 Å². The number of carbonyl (C=O) groups excluding carboxylic acids is 2. The van der Waals surface area contributed by atoms with Crippen molar-refractivity contribution in [3.63, 3.8) is 0 Å². The van der Waals surface area contributed by atoms with E-state index in [2.05, 4.69) is 44.7 Å². The summed E-state index contributed by atoms with van der Waals surface area (Å²) in [4.78, 5) is 29.9. The Morgan fingerprint density at radius 3 is 2.07 bits per heavy atom. The van der Waals surface area contributed by atoms with Gasteiger partial charge in [0.05, 0.1) is 0 Å². The minimum absolute atomic E-state index is 0.123. The van der Waals surface area contributed by atoms with E-state index >= 15 is 0 Å². The maximum atomic E-state index is 12.6. The second-order valence-corrected chi connectivity index (χ2v) is 7.08. The van der Waals surface area contributed by atoms with Gasteiger partial charge in [-0.1, -0.05) is 6.07 Å². The highest BCUT2D eigenvalue weighted by Gasteiger charge is 2.21. The van der Waals surface area contributed by atoms with E-state index in [1.807, 2.05) is 25.1 Å². The van der Waals surface area contributed by atoms with E-state index in [1.165, 1.54) is 18.3 Å². The second kappa shape index (κ2) is 8.65. The van der Waals surface area contributed by atoms with Crippen LogP contribution in [-0.4, -0.2) is 57.1 Å². The Labute approximate surface area is 165 Å². The SMILES string of the molecule is CC(=O)Nc1cccc(NC(=O)N2CCN(c3ccc(N(C)C)cc3)CC2)c1. The smallest absolute Gasteiger partial charge is 0.321 e. The van der Waals surface area contributed by atoms with E-state index in [0.29, 0.717) is 24.5 Å². The van der Waals surface area contributed by atoms with Gasteiger partial charge in [-0.2, -0.15) is 0 Å². The van der Waals surface area contributed by atoms with E-state index in [4.69, 9.17) is 0 Å².